The highest BCUT2D eigenvalue weighted by Crippen LogP contribution is 2.13. The highest BCUT2D eigenvalue weighted by atomic mass is 16.4. The van der Waals surface area contributed by atoms with Gasteiger partial charge in [-0.25, -0.2) is 0 Å². The molecule has 0 saturated carbocycles. The average molecular weight is 202 g/mol. The minimum Gasteiger partial charge on any atom is -0.455 e. The van der Waals surface area contributed by atoms with Gasteiger partial charge in [-0.2, -0.15) is 0 Å². The van der Waals surface area contributed by atoms with Gasteiger partial charge in [0.2, 0.25) is 5.78 Å². The van der Waals surface area contributed by atoms with Gasteiger partial charge in [-0.3, -0.25) is 4.79 Å². The van der Waals surface area contributed by atoms with E-state index in [4.69, 9.17) is 9.52 Å². The Kier molecular flexibility index (Phi) is 2.65. The van der Waals surface area contributed by atoms with Crippen LogP contribution in [0.1, 0.15) is 21.9 Å². The second-order valence-corrected chi connectivity index (χ2v) is 3.12. The topological polar surface area (TPSA) is 50.4 Å². The molecule has 2 aromatic rings. The molecule has 0 spiro atoms. The van der Waals surface area contributed by atoms with Gasteiger partial charge in [-0.1, -0.05) is 30.3 Å². The predicted octanol–water partition coefficient (Wildman–Crippen LogP) is 2.00. The zero-order valence-corrected chi connectivity index (χ0v) is 8.01. The molecule has 3 heteroatoms. The van der Waals surface area contributed by atoms with E-state index in [0.29, 0.717) is 11.3 Å². The minimum absolute atomic E-state index is 0.171. The molecule has 0 saturated heterocycles. The van der Waals surface area contributed by atoms with Crippen molar-refractivity contribution in [2.45, 2.75) is 6.61 Å². The molecule has 76 valence electrons. The van der Waals surface area contributed by atoms with E-state index in [1.807, 2.05) is 6.07 Å². The number of hydrogen-bond donors (Lipinski definition) is 1. The first-order chi connectivity index (χ1) is 7.31. The van der Waals surface area contributed by atoms with Gasteiger partial charge >= 0.3 is 0 Å². The fraction of sp³-hybridized carbons (Fsp3) is 0.0833. The number of carbonyl (C=O) groups is 1. The van der Waals surface area contributed by atoms with Gasteiger partial charge in [0.1, 0.15) is 12.4 Å². The van der Waals surface area contributed by atoms with Gasteiger partial charge in [0.15, 0.2) is 5.76 Å². The smallest absolute Gasteiger partial charge is 0.228 e. The second kappa shape index (κ2) is 4.11. The van der Waals surface area contributed by atoms with Gasteiger partial charge in [-0.15, -0.1) is 0 Å². The lowest BCUT2D eigenvalue weighted by atomic mass is 10.1. The fourth-order valence-corrected chi connectivity index (χ4v) is 1.32. The molecule has 15 heavy (non-hydrogen) atoms. The molecule has 3 nitrogen and oxygen atoms in total. The Morgan fingerprint density at radius 2 is 1.87 bits per heavy atom. The molecule has 0 aliphatic rings. The van der Waals surface area contributed by atoms with Crippen molar-refractivity contribution in [1.82, 2.24) is 0 Å². The van der Waals surface area contributed by atoms with Gasteiger partial charge in [0.05, 0.1) is 0 Å². The third-order valence-electron chi connectivity index (χ3n) is 2.08. The van der Waals surface area contributed by atoms with Crippen LogP contribution in [0.25, 0.3) is 0 Å². The maximum atomic E-state index is 11.8. The monoisotopic (exact) mass is 202 g/mol. The van der Waals surface area contributed by atoms with E-state index in [1.165, 1.54) is 0 Å². The molecule has 0 atom stereocenters. The van der Waals surface area contributed by atoms with Crippen molar-refractivity contribution in [3.8, 4) is 0 Å². The Labute approximate surface area is 87.0 Å². The highest BCUT2D eigenvalue weighted by molar-refractivity contribution is 6.07. The van der Waals surface area contributed by atoms with Crippen molar-refractivity contribution in [2.75, 3.05) is 0 Å². The Morgan fingerprint density at radius 1 is 1.13 bits per heavy atom. The zero-order valence-electron chi connectivity index (χ0n) is 8.01. The number of hydrogen-bond acceptors (Lipinski definition) is 3. The fourth-order valence-electron chi connectivity index (χ4n) is 1.32. The average Bonchev–Trinajstić information content (AvgIpc) is 2.78. The summed E-state index contributed by atoms with van der Waals surface area (Å²) in [4.78, 5) is 11.8. The number of aliphatic hydroxyl groups is 1. The quantitative estimate of drug-likeness (QED) is 0.774. The molecule has 0 radical (unpaired) electrons. The molecule has 1 aromatic heterocycles. The molecule has 1 N–H and O–H groups in total. The van der Waals surface area contributed by atoms with Crippen LogP contribution in [-0.4, -0.2) is 10.9 Å². The molecular weight excluding hydrogens is 192 g/mol. The van der Waals surface area contributed by atoms with Crippen LogP contribution >= 0.6 is 0 Å². The van der Waals surface area contributed by atoms with Gasteiger partial charge in [0, 0.05) is 5.56 Å². The highest BCUT2D eigenvalue weighted by Gasteiger charge is 2.12. The van der Waals surface area contributed by atoms with Crippen LogP contribution in [0.4, 0.5) is 0 Å². The van der Waals surface area contributed by atoms with E-state index in [1.54, 1.807) is 36.4 Å². The van der Waals surface area contributed by atoms with Crippen LogP contribution in [0.15, 0.2) is 46.9 Å². The van der Waals surface area contributed by atoms with E-state index < -0.39 is 0 Å². The SMILES string of the molecule is O=C(c1ccccc1)c1ccc(CO)o1. The number of ketones is 1. The molecule has 1 aromatic carbocycles. The predicted molar refractivity (Wildman–Crippen MR) is 54.5 cm³/mol. The Morgan fingerprint density at radius 3 is 2.47 bits per heavy atom. The standard InChI is InChI=1S/C12H10O3/c13-8-10-6-7-11(15-10)12(14)9-4-2-1-3-5-9/h1-7,13H,8H2. The second-order valence-electron chi connectivity index (χ2n) is 3.12. The van der Waals surface area contributed by atoms with Crippen LogP contribution in [0.3, 0.4) is 0 Å². The summed E-state index contributed by atoms with van der Waals surface area (Å²) in [7, 11) is 0. The molecule has 0 aliphatic carbocycles. The van der Waals surface area contributed by atoms with Crippen LogP contribution in [0.5, 0.6) is 0 Å². The number of carbonyl (C=O) groups excluding carboxylic acids is 1. The van der Waals surface area contributed by atoms with Crippen molar-refractivity contribution >= 4 is 5.78 Å². The first-order valence-corrected chi connectivity index (χ1v) is 4.60. The lowest BCUT2D eigenvalue weighted by molar-refractivity contribution is 0.100. The summed E-state index contributed by atoms with van der Waals surface area (Å²) in [6, 6.07) is 12.0. The van der Waals surface area contributed by atoms with Crippen molar-refractivity contribution in [2.24, 2.45) is 0 Å². The van der Waals surface area contributed by atoms with Crippen molar-refractivity contribution in [3.63, 3.8) is 0 Å². The van der Waals surface area contributed by atoms with Crippen LogP contribution in [0, 0.1) is 0 Å². The lowest BCUT2D eigenvalue weighted by Crippen LogP contribution is -1.98. The summed E-state index contributed by atoms with van der Waals surface area (Å²) < 4.78 is 5.15. The summed E-state index contributed by atoms with van der Waals surface area (Å²) >= 11 is 0. The number of benzene rings is 1. The number of aliphatic hydroxyl groups excluding tert-OH is 1. The largest absolute Gasteiger partial charge is 0.455 e. The summed E-state index contributed by atoms with van der Waals surface area (Å²) in [5.74, 6) is 0.481. The Balaban J connectivity index is 2.29. The number of rotatable bonds is 3. The van der Waals surface area contributed by atoms with Crippen molar-refractivity contribution in [3.05, 3.63) is 59.5 Å². The molecule has 0 aliphatic heterocycles. The molecule has 0 amide bonds. The number of furan rings is 1. The maximum absolute atomic E-state index is 11.8. The zero-order chi connectivity index (χ0) is 10.7. The van der Waals surface area contributed by atoms with E-state index in [2.05, 4.69) is 0 Å². The summed E-state index contributed by atoms with van der Waals surface area (Å²) in [5, 5.41) is 8.80. The van der Waals surface area contributed by atoms with Gasteiger partial charge < -0.3 is 9.52 Å². The first-order valence-electron chi connectivity index (χ1n) is 4.60. The van der Waals surface area contributed by atoms with Crippen LogP contribution < -0.4 is 0 Å². The summed E-state index contributed by atoms with van der Waals surface area (Å²) in [6.07, 6.45) is 0. The molecule has 0 bridgehead atoms. The van der Waals surface area contributed by atoms with Crippen molar-refractivity contribution in [1.29, 1.82) is 0 Å². The van der Waals surface area contributed by atoms with E-state index >= 15 is 0 Å². The summed E-state index contributed by atoms with van der Waals surface area (Å²) in [5.41, 5.74) is 0.580. The third kappa shape index (κ3) is 1.97. The third-order valence-corrected chi connectivity index (χ3v) is 2.08. The maximum Gasteiger partial charge on any atom is 0.228 e. The van der Waals surface area contributed by atoms with E-state index in [9.17, 15) is 4.79 Å². The molecular formula is C12H10O3. The Bertz CT molecular complexity index is 457. The minimum atomic E-state index is -0.192. The first kappa shape index (κ1) is 9.68. The van der Waals surface area contributed by atoms with Crippen LogP contribution in [-0.2, 0) is 6.61 Å². The lowest BCUT2D eigenvalue weighted by Gasteiger charge is -1.96. The van der Waals surface area contributed by atoms with Crippen molar-refractivity contribution < 1.29 is 14.3 Å². The molecule has 0 fully saturated rings. The summed E-state index contributed by atoms with van der Waals surface area (Å²) in [6.45, 7) is -0.192. The molecule has 0 unspecified atom stereocenters. The van der Waals surface area contributed by atoms with E-state index in [0.717, 1.165) is 0 Å². The van der Waals surface area contributed by atoms with Gasteiger partial charge in [-0.05, 0) is 12.1 Å². The van der Waals surface area contributed by atoms with E-state index in [-0.39, 0.29) is 18.2 Å². The normalized spacial score (nSPS) is 10.2. The molecule has 2 rings (SSSR count). The Hall–Kier alpha value is -1.87. The van der Waals surface area contributed by atoms with Gasteiger partial charge in [0.25, 0.3) is 0 Å². The molecule has 1 heterocycles. The van der Waals surface area contributed by atoms with Crippen LogP contribution in [0.2, 0.25) is 0 Å².